The Balaban J connectivity index is 0.959. The van der Waals surface area contributed by atoms with Crippen molar-refractivity contribution in [2.75, 3.05) is 0 Å². The molecule has 5 heteroatoms. The molecule has 0 aliphatic carbocycles. The number of benzene rings is 9. The van der Waals surface area contributed by atoms with Crippen LogP contribution in [0.3, 0.4) is 0 Å². The summed E-state index contributed by atoms with van der Waals surface area (Å²) in [5.41, 5.74) is 13.9. The van der Waals surface area contributed by atoms with Crippen LogP contribution in [0.15, 0.2) is 224 Å². The summed E-state index contributed by atoms with van der Waals surface area (Å²) < 4.78 is 9.46. The second-order valence-electron chi connectivity index (χ2n) is 16.8. The molecular weight excluding hydrogens is 779 g/mol. The number of nitrogens with zero attached hydrogens (tertiary/aromatic N) is 5. The summed E-state index contributed by atoms with van der Waals surface area (Å²) in [6, 6.07) is 81.2. The lowest BCUT2D eigenvalue weighted by Gasteiger charge is -2.12. The molecule has 9 aromatic carbocycles. The topological polar surface area (TPSA) is 32.6 Å². The van der Waals surface area contributed by atoms with Crippen molar-refractivity contribution in [2.45, 2.75) is 0 Å². The van der Waals surface area contributed by atoms with Crippen molar-refractivity contribution in [1.82, 2.24) is 23.3 Å². The van der Waals surface area contributed by atoms with Crippen LogP contribution in [0.4, 0.5) is 0 Å². The van der Waals surface area contributed by atoms with Crippen molar-refractivity contribution < 1.29 is 0 Å². The zero-order valence-corrected chi connectivity index (χ0v) is 34.6. The standard InChI is InChI=1S/C59H37N5/c1-2-17-40(18-3-1)61-48-25-9-6-22-44(48)47-37-39(32-33-53(47)61)38-16-14-19-41(36-38)62-51-28-12-7-23-45(51)58-54(62)34-35-55-59(58)46-24-8-13-29-52(46)64(55)57-31-15-30-56(60-57)63-49-26-10-4-20-42(49)43-21-5-11-27-50(43)63/h1-37H. The van der Waals surface area contributed by atoms with E-state index >= 15 is 0 Å². The van der Waals surface area contributed by atoms with Gasteiger partial charge >= 0.3 is 0 Å². The van der Waals surface area contributed by atoms with Gasteiger partial charge in [-0.2, -0.15) is 0 Å². The van der Waals surface area contributed by atoms with E-state index in [0.717, 1.165) is 45.1 Å². The van der Waals surface area contributed by atoms with Crippen LogP contribution in [0, 0.1) is 0 Å². The van der Waals surface area contributed by atoms with Gasteiger partial charge in [0.2, 0.25) is 0 Å². The fourth-order valence-electron chi connectivity index (χ4n) is 10.7. The van der Waals surface area contributed by atoms with E-state index in [0.29, 0.717) is 0 Å². The van der Waals surface area contributed by atoms with Crippen molar-refractivity contribution in [3.8, 4) is 34.1 Å². The van der Waals surface area contributed by atoms with Crippen LogP contribution >= 0.6 is 0 Å². The van der Waals surface area contributed by atoms with E-state index < -0.39 is 0 Å². The summed E-state index contributed by atoms with van der Waals surface area (Å²) in [5.74, 6) is 1.77. The predicted molar refractivity (Wildman–Crippen MR) is 267 cm³/mol. The van der Waals surface area contributed by atoms with Gasteiger partial charge in [0.05, 0.1) is 44.1 Å². The van der Waals surface area contributed by atoms with Crippen LogP contribution in [0.2, 0.25) is 0 Å². The maximum atomic E-state index is 5.46. The Hall–Kier alpha value is -8.67. The molecule has 14 rings (SSSR count). The summed E-state index contributed by atoms with van der Waals surface area (Å²) in [6.07, 6.45) is 0. The third-order valence-corrected chi connectivity index (χ3v) is 13.4. The van der Waals surface area contributed by atoms with Gasteiger partial charge in [-0.1, -0.05) is 133 Å². The number of hydrogen-bond donors (Lipinski definition) is 0. The molecule has 298 valence electrons. The van der Waals surface area contributed by atoms with E-state index in [-0.39, 0.29) is 0 Å². The fraction of sp³-hybridized carbons (Fsp3) is 0. The molecule has 0 saturated heterocycles. The molecule has 0 bridgehead atoms. The SMILES string of the molecule is c1ccc(-n2c3ccccc3c3cc(-c4cccc(-n5c6ccccc6c6c7c8ccccc8n(-c8cccc(-n9c%10ccccc%10c%10ccccc%109)n8)c7ccc65)c4)ccc32)cc1. The van der Waals surface area contributed by atoms with E-state index in [2.05, 4.69) is 243 Å². The first-order chi connectivity index (χ1) is 31.8. The van der Waals surface area contributed by atoms with Gasteiger partial charge in [0, 0.05) is 54.5 Å². The number of rotatable bonds is 5. The molecule has 0 radical (unpaired) electrons. The summed E-state index contributed by atoms with van der Waals surface area (Å²) in [5, 5.41) is 9.82. The largest absolute Gasteiger partial charge is 0.309 e. The Morgan fingerprint density at radius 1 is 0.234 bits per heavy atom. The van der Waals surface area contributed by atoms with E-state index in [9.17, 15) is 0 Å². The van der Waals surface area contributed by atoms with Crippen molar-refractivity contribution >= 4 is 87.2 Å². The number of para-hydroxylation sites is 6. The Morgan fingerprint density at radius 3 is 1.25 bits per heavy atom. The van der Waals surface area contributed by atoms with Gasteiger partial charge in [0.1, 0.15) is 11.6 Å². The van der Waals surface area contributed by atoms with E-state index in [1.807, 2.05) is 0 Å². The molecule has 5 aromatic heterocycles. The lowest BCUT2D eigenvalue weighted by Crippen LogP contribution is -2.03. The van der Waals surface area contributed by atoms with Crippen LogP contribution in [0.1, 0.15) is 0 Å². The molecule has 0 amide bonds. The fourth-order valence-corrected chi connectivity index (χ4v) is 10.7. The van der Waals surface area contributed by atoms with E-state index in [1.165, 1.54) is 76.3 Å². The Bertz CT molecular complexity index is 4140. The normalized spacial score (nSPS) is 12.1. The first kappa shape index (κ1) is 35.0. The predicted octanol–water partition coefficient (Wildman–Crippen LogP) is 15.1. The molecule has 64 heavy (non-hydrogen) atoms. The Labute approximate surface area is 367 Å². The van der Waals surface area contributed by atoms with Gasteiger partial charge in [0.25, 0.3) is 0 Å². The van der Waals surface area contributed by atoms with Gasteiger partial charge in [-0.15, -0.1) is 0 Å². The Morgan fingerprint density at radius 2 is 0.625 bits per heavy atom. The van der Waals surface area contributed by atoms with Gasteiger partial charge in [-0.25, -0.2) is 4.98 Å². The molecular formula is C59H37N5. The maximum absolute atomic E-state index is 5.46. The smallest absolute Gasteiger partial charge is 0.140 e. The zero-order chi connectivity index (χ0) is 41.9. The monoisotopic (exact) mass is 815 g/mol. The van der Waals surface area contributed by atoms with E-state index in [1.54, 1.807) is 0 Å². The molecule has 14 aromatic rings. The van der Waals surface area contributed by atoms with Gasteiger partial charge in [-0.3, -0.25) is 9.13 Å². The van der Waals surface area contributed by atoms with Crippen LogP contribution in [0.5, 0.6) is 0 Å². The number of fused-ring (bicyclic) bond motifs is 13. The van der Waals surface area contributed by atoms with Gasteiger partial charge in [0.15, 0.2) is 0 Å². The highest BCUT2D eigenvalue weighted by Crippen LogP contribution is 2.43. The molecule has 0 aliphatic heterocycles. The summed E-state index contributed by atoms with van der Waals surface area (Å²) >= 11 is 0. The van der Waals surface area contributed by atoms with Crippen LogP contribution in [-0.4, -0.2) is 23.3 Å². The van der Waals surface area contributed by atoms with Gasteiger partial charge < -0.3 is 9.13 Å². The molecule has 0 unspecified atom stereocenters. The van der Waals surface area contributed by atoms with Crippen LogP contribution in [-0.2, 0) is 0 Å². The molecule has 0 spiro atoms. The highest BCUT2D eigenvalue weighted by Gasteiger charge is 2.22. The number of aromatic nitrogens is 5. The molecule has 5 nitrogen and oxygen atoms in total. The molecule has 0 atom stereocenters. The van der Waals surface area contributed by atoms with Crippen molar-refractivity contribution in [1.29, 1.82) is 0 Å². The highest BCUT2D eigenvalue weighted by molar-refractivity contribution is 6.29. The number of hydrogen-bond acceptors (Lipinski definition) is 1. The average Bonchev–Trinajstić information content (AvgIpc) is 4.09. The molecule has 0 saturated carbocycles. The molecule has 0 N–H and O–H groups in total. The average molecular weight is 816 g/mol. The van der Waals surface area contributed by atoms with Crippen molar-refractivity contribution in [3.63, 3.8) is 0 Å². The summed E-state index contributed by atoms with van der Waals surface area (Å²) in [7, 11) is 0. The lowest BCUT2D eigenvalue weighted by molar-refractivity contribution is 1.01. The van der Waals surface area contributed by atoms with Crippen molar-refractivity contribution in [2.24, 2.45) is 0 Å². The third-order valence-electron chi connectivity index (χ3n) is 13.4. The number of pyridine rings is 1. The van der Waals surface area contributed by atoms with Crippen molar-refractivity contribution in [3.05, 3.63) is 224 Å². The second-order valence-corrected chi connectivity index (χ2v) is 16.8. The molecule has 0 fully saturated rings. The van der Waals surface area contributed by atoms with Crippen LogP contribution < -0.4 is 0 Å². The molecule has 5 heterocycles. The summed E-state index contributed by atoms with van der Waals surface area (Å²) in [6.45, 7) is 0. The quantitative estimate of drug-likeness (QED) is 0.170. The summed E-state index contributed by atoms with van der Waals surface area (Å²) in [4.78, 5) is 5.46. The zero-order valence-electron chi connectivity index (χ0n) is 34.6. The van der Waals surface area contributed by atoms with Crippen LogP contribution in [0.25, 0.3) is 121 Å². The Kier molecular flexibility index (Phi) is 7.33. The van der Waals surface area contributed by atoms with Gasteiger partial charge in [-0.05, 0) is 102 Å². The third kappa shape index (κ3) is 4.92. The van der Waals surface area contributed by atoms with E-state index in [4.69, 9.17) is 4.98 Å². The minimum atomic E-state index is 0.880. The lowest BCUT2D eigenvalue weighted by atomic mass is 10.0. The first-order valence-electron chi connectivity index (χ1n) is 21.9. The first-order valence-corrected chi connectivity index (χ1v) is 21.9. The second kappa shape index (κ2) is 13.4. The minimum absolute atomic E-state index is 0.880. The minimum Gasteiger partial charge on any atom is -0.309 e. The highest BCUT2D eigenvalue weighted by atomic mass is 15.1. The maximum Gasteiger partial charge on any atom is 0.140 e. The molecule has 0 aliphatic rings.